The maximum atomic E-state index is 11.7. The monoisotopic (exact) mass is 374 g/mol. The lowest BCUT2D eigenvalue weighted by Gasteiger charge is -2.02. The van der Waals surface area contributed by atoms with E-state index in [1.165, 1.54) is 11.3 Å². The van der Waals surface area contributed by atoms with Crippen LogP contribution in [0.2, 0.25) is 0 Å². The summed E-state index contributed by atoms with van der Waals surface area (Å²) in [5, 5.41) is 5.39. The topological polar surface area (TPSA) is 61.3 Å². The molecule has 0 fully saturated rings. The zero-order valence-electron chi connectivity index (χ0n) is 13.8. The number of aromatic nitrogens is 2. The Balaban J connectivity index is 1.51. The molecule has 3 rings (SSSR count). The number of ether oxygens (including phenoxy) is 2. The summed E-state index contributed by atoms with van der Waals surface area (Å²) in [6, 6.07) is 10.1. The molecule has 0 aliphatic rings. The first-order chi connectivity index (χ1) is 12.3. The summed E-state index contributed by atoms with van der Waals surface area (Å²) in [6.45, 7) is 3.34. The molecule has 1 aromatic carbocycles. The Labute approximate surface area is 154 Å². The van der Waals surface area contributed by atoms with E-state index in [1.54, 1.807) is 23.6 Å². The Morgan fingerprint density at radius 3 is 2.76 bits per heavy atom. The summed E-state index contributed by atoms with van der Waals surface area (Å²) in [5.41, 5.74) is 2.29. The molecule has 0 bridgehead atoms. The fourth-order valence-electron chi connectivity index (χ4n) is 2.14. The highest BCUT2D eigenvalue weighted by Crippen LogP contribution is 2.26. The second-order valence-corrected chi connectivity index (χ2v) is 6.97. The van der Waals surface area contributed by atoms with Gasteiger partial charge < -0.3 is 9.47 Å². The largest absolute Gasteiger partial charge is 0.461 e. The van der Waals surface area contributed by atoms with E-state index < -0.39 is 5.97 Å². The predicted octanol–water partition coefficient (Wildman–Crippen LogP) is 4.20. The lowest BCUT2D eigenvalue weighted by Crippen LogP contribution is -2.04. The molecular weight excluding hydrogens is 356 g/mol. The van der Waals surface area contributed by atoms with Crippen molar-refractivity contribution < 1.29 is 14.3 Å². The fourth-order valence-corrected chi connectivity index (χ4v) is 3.73. The third-order valence-corrected chi connectivity index (χ3v) is 5.10. The number of carbonyl (C=O) groups is 1. The number of esters is 1. The fraction of sp³-hybridized carbons (Fsp3) is 0.278. The minimum atomic E-state index is -0.394. The van der Waals surface area contributed by atoms with Crippen molar-refractivity contribution in [2.24, 2.45) is 0 Å². The SMILES string of the molecule is CCOC(=O)c1csc(-c2csc(CCOCc3ccccc3)n2)n1. The Morgan fingerprint density at radius 1 is 1.12 bits per heavy atom. The van der Waals surface area contributed by atoms with Gasteiger partial charge in [-0.1, -0.05) is 30.3 Å². The molecule has 0 radical (unpaired) electrons. The quantitative estimate of drug-likeness (QED) is 0.437. The summed E-state index contributed by atoms with van der Waals surface area (Å²) in [4.78, 5) is 20.6. The van der Waals surface area contributed by atoms with Crippen molar-refractivity contribution in [3.05, 3.63) is 57.4 Å². The minimum Gasteiger partial charge on any atom is -0.461 e. The average Bonchev–Trinajstić information content (AvgIpc) is 3.29. The lowest BCUT2D eigenvalue weighted by molar-refractivity contribution is 0.0520. The van der Waals surface area contributed by atoms with Gasteiger partial charge in [0.05, 0.1) is 24.8 Å². The first-order valence-electron chi connectivity index (χ1n) is 7.95. The van der Waals surface area contributed by atoms with Gasteiger partial charge in [0.2, 0.25) is 0 Å². The zero-order valence-corrected chi connectivity index (χ0v) is 15.4. The maximum Gasteiger partial charge on any atom is 0.357 e. The Morgan fingerprint density at radius 2 is 1.96 bits per heavy atom. The van der Waals surface area contributed by atoms with Crippen LogP contribution in [-0.2, 0) is 22.5 Å². The van der Waals surface area contributed by atoms with Crippen LogP contribution < -0.4 is 0 Å². The van der Waals surface area contributed by atoms with Crippen molar-refractivity contribution in [3.63, 3.8) is 0 Å². The second-order valence-electron chi connectivity index (χ2n) is 5.17. The highest BCUT2D eigenvalue weighted by Gasteiger charge is 2.14. The molecule has 7 heteroatoms. The molecule has 5 nitrogen and oxygen atoms in total. The summed E-state index contributed by atoms with van der Waals surface area (Å²) in [6.07, 6.45) is 0.758. The molecule has 0 amide bonds. The molecule has 0 unspecified atom stereocenters. The molecule has 3 aromatic rings. The molecule has 25 heavy (non-hydrogen) atoms. The van der Waals surface area contributed by atoms with Crippen LogP contribution >= 0.6 is 22.7 Å². The molecule has 0 saturated heterocycles. The van der Waals surface area contributed by atoms with Crippen LogP contribution in [-0.4, -0.2) is 29.2 Å². The van der Waals surface area contributed by atoms with Gasteiger partial charge in [-0.2, -0.15) is 0 Å². The van der Waals surface area contributed by atoms with E-state index in [4.69, 9.17) is 9.47 Å². The van der Waals surface area contributed by atoms with E-state index in [2.05, 4.69) is 9.97 Å². The lowest BCUT2D eigenvalue weighted by atomic mass is 10.2. The van der Waals surface area contributed by atoms with Crippen molar-refractivity contribution in [2.75, 3.05) is 13.2 Å². The molecule has 0 aliphatic carbocycles. The molecule has 2 heterocycles. The third kappa shape index (κ3) is 4.94. The maximum absolute atomic E-state index is 11.7. The molecule has 0 N–H and O–H groups in total. The van der Waals surface area contributed by atoms with Crippen LogP contribution in [0.3, 0.4) is 0 Å². The Kier molecular flexibility index (Phi) is 6.27. The number of carbonyl (C=O) groups excluding carboxylic acids is 1. The van der Waals surface area contributed by atoms with E-state index in [9.17, 15) is 4.79 Å². The molecule has 0 aliphatic heterocycles. The van der Waals surface area contributed by atoms with Crippen molar-refractivity contribution in [3.8, 4) is 10.7 Å². The van der Waals surface area contributed by atoms with Gasteiger partial charge >= 0.3 is 5.97 Å². The van der Waals surface area contributed by atoms with Gasteiger partial charge in [0.25, 0.3) is 0 Å². The van der Waals surface area contributed by atoms with Gasteiger partial charge in [-0.05, 0) is 12.5 Å². The third-order valence-electron chi connectivity index (χ3n) is 3.33. The number of nitrogens with zero attached hydrogens (tertiary/aromatic N) is 2. The number of thiazole rings is 2. The molecule has 0 saturated carbocycles. The van der Waals surface area contributed by atoms with Crippen molar-refractivity contribution in [1.29, 1.82) is 0 Å². The molecule has 0 atom stereocenters. The van der Waals surface area contributed by atoms with Crippen LogP contribution in [0.4, 0.5) is 0 Å². The highest BCUT2D eigenvalue weighted by atomic mass is 32.1. The van der Waals surface area contributed by atoms with Gasteiger partial charge in [-0.25, -0.2) is 14.8 Å². The van der Waals surface area contributed by atoms with Crippen LogP contribution in [0.25, 0.3) is 10.7 Å². The Hall–Kier alpha value is -2.09. The van der Waals surface area contributed by atoms with E-state index >= 15 is 0 Å². The normalized spacial score (nSPS) is 10.8. The standard InChI is InChI=1S/C18H18N2O3S2/c1-2-23-18(21)15-12-25-17(20-15)14-11-24-16(19-14)8-9-22-10-13-6-4-3-5-7-13/h3-7,11-12H,2,8-10H2,1H3. The van der Waals surface area contributed by atoms with Gasteiger partial charge in [-0.3, -0.25) is 0 Å². The van der Waals surface area contributed by atoms with Crippen molar-refractivity contribution in [1.82, 2.24) is 9.97 Å². The predicted molar refractivity (Wildman–Crippen MR) is 99.0 cm³/mol. The summed E-state index contributed by atoms with van der Waals surface area (Å²) in [7, 11) is 0. The number of hydrogen-bond acceptors (Lipinski definition) is 7. The van der Waals surface area contributed by atoms with Gasteiger partial charge in [0, 0.05) is 17.2 Å². The summed E-state index contributed by atoms with van der Waals surface area (Å²) in [5.74, 6) is -0.394. The summed E-state index contributed by atoms with van der Waals surface area (Å²) < 4.78 is 10.6. The van der Waals surface area contributed by atoms with E-state index in [1.807, 2.05) is 35.7 Å². The highest BCUT2D eigenvalue weighted by molar-refractivity contribution is 7.14. The van der Waals surface area contributed by atoms with Crippen LogP contribution in [0.15, 0.2) is 41.1 Å². The van der Waals surface area contributed by atoms with Crippen LogP contribution in [0, 0.1) is 0 Å². The number of benzene rings is 1. The second kappa shape index (κ2) is 8.84. The smallest absolute Gasteiger partial charge is 0.357 e. The van der Waals surface area contributed by atoms with Crippen molar-refractivity contribution in [2.45, 2.75) is 20.0 Å². The number of rotatable bonds is 8. The summed E-state index contributed by atoms with van der Waals surface area (Å²) >= 11 is 2.97. The molecule has 130 valence electrons. The average molecular weight is 374 g/mol. The first-order valence-corrected chi connectivity index (χ1v) is 9.71. The molecule has 2 aromatic heterocycles. The van der Waals surface area contributed by atoms with Gasteiger partial charge in [0.15, 0.2) is 5.69 Å². The minimum absolute atomic E-state index is 0.336. The van der Waals surface area contributed by atoms with Crippen LogP contribution in [0.5, 0.6) is 0 Å². The van der Waals surface area contributed by atoms with E-state index in [0.717, 1.165) is 27.7 Å². The Bertz CT molecular complexity index is 815. The number of hydrogen-bond donors (Lipinski definition) is 0. The van der Waals surface area contributed by atoms with E-state index in [-0.39, 0.29) is 0 Å². The van der Waals surface area contributed by atoms with Crippen LogP contribution in [0.1, 0.15) is 28.0 Å². The zero-order chi connectivity index (χ0) is 17.5. The molecule has 0 spiro atoms. The molecular formula is C18H18N2O3S2. The van der Waals surface area contributed by atoms with Gasteiger partial charge in [0.1, 0.15) is 10.7 Å². The first kappa shape index (κ1) is 17.7. The van der Waals surface area contributed by atoms with E-state index in [0.29, 0.717) is 25.5 Å². The van der Waals surface area contributed by atoms with Gasteiger partial charge in [-0.15, -0.1) is 22.7 Å². The van der Waals surface area contributed by atoms with Crippen molar-refractivity contribution >= 4 is 28.6 Å².